The predicted molar refractivity (Wildman–Crippen MR) is 119 cm³/mol. The number of nitrogens with zero attached hydrogens (tertiary/aromatic N) is 3. The minimum absolute atomic E-state index is 0.132. The number of amides is 1. The molecule has 2 aromatic heterocycles. The second-order valence-electron chi connectivity index (χ2n) is 8.34. The zero-order chi connectivity index (χ0) is 22.1. The Morgan fingerprint density at radius 2 is 1.81 bits per heavy atom. The van der Waals surface area contributed by atoms with E-state index in [1.807, 2.05) is 48.5 Å². The summed E-state index contributed by atoms with van der Waals surface area (Å²) in [5, 5.41) is 1.94. The highest BCUT2D eigenvalue weighted by atomic mass is 19.3. The van der Waals surface area contributed by atoms with Crippen molar-refractivity contribution in [2.75, 3.05) is 11.4 Å². The van der Waals surface area contributed by atoms with Crippen LogP contribution in [0.2, 0.25) is 0 Å². The van der Waals surface area contributed by atoms with Gasteiger partial charge in [-0.05, 0) is 34.6 Å². The summed E-state index contributed by atoms with van der Waals surface area (Å²) in [6, 6.07) is 15.3. The first kappa shape index (κ1) is 20.3. The third-order valence-corrected chi connectivity index (χ3v) is 6.00. The van der Waals surface area contributed by atoms with Gasteiger partial charge < -0.3 is 9.88 Å². The number of anilines is 1. The standard InChI is InChI=1S/C25H22F2N4O/c26-25(27)10-17(11-25)15-31(21-7-5-18(6-8-21)23-14-29-16-30-23)24(32)9-20-13-28-12-19-3-1-2-4-22(19)20/h1-8,12-14,16-17H,9-11,15H2,(H,29,30). The fourth-order valence-corrected chi connectivity index (χ4v) is 4.34. The van der Waals surface area contributed by atoms with Gasteiger partial charge in [-0.25, -0.2) is 13.8 Å². The van der Waals surface area contributed by atoms with Crippen molar-refractivity contribution < 1.29 is 13.6 Å². The Labute approximate surface area is 184 Å². The number of benzene rings is 2. The van der Waals surface area contributed by atoms with E-state index in [-0.39, 0.29) is 37.6 Å². The Morgan fingerprint density at radius 1 is 1.03 bits per heavy atom. The van der Waals surface area contributed by atoms with Gasteiger partial charge >= 0.3 is 0 Å². The van der Waals surface area contributed by atoms with Crippen molar-refractivity contribution in [2.45, 2.75) is 25.2 Å². The van der Waals surface area contributed by atoms with E-state index in [1.54, 1.807) is 29.8 Å². The Hall–Kier alpha value is -3.61. The highest BCUT2D eigenvalue weighted by molar-refractivity contribution is 5.97. The number of carbonyl (C=O) groups is 1. The number of H-pyrrole nitrogens is 1. The van der Waals surface area contributed by atoms with Crippen molar-refractivity contribution in [3.05, 3.63) is 79.0 Å². The van der Waals surface area contributed by atoms with Crippen LogP contribution in [0.25, 0.3) is 22.0 Å². The summed E-state index contributed by atoms with van der Waals surface area (Å²) in [6.45, 7) is 0.274. The topological polar surface area (TPSA) is 61.9 Å². The Morgan fingerprint density at radius 3 is 2.53 bits per heavy atom. The third kappa shape index (κ3) is 4.10. The number of halogens is 2. The van der Waals surface area contributed by atoms with E-state index in [4.69, 9.17) is 0 Å². The molecular weight excluding hydrogens is 410 g/mol. The molecule has 0 aliphatic heterocycles. The van der Waals surface area contributed by atoms with Crippen LogP contribution >= 0.6 is 0 Å². The van der Waals surface area contributed by atoms with Crippen LogP contribution in [0.1, 0.15) is 18.4 Å². The molecule has 2 heterocycles. The lowest BCUT2D eigenvalue weighted by Gasteiger charge is -2.38. The first-order valence-corrected chi connectivity index (χ1v) is 10.6. The van der Waals surface area contributed by atoms with Crippen LogP contribution in [0.3, 0.4) is 0 Å². The van der Waals surface area contributed by atoms with Crippen LogP contribution < -0.4 is 4.90 Å². The molecule has 5 nitrogen and oxygen atoms in total. The van der Waals surface area contributed by atoms with Crippen LogP contribution in [0.15, 0.2) is 73.4 Å². The van der Waals surface area contributed by atoms with Gasteiger partial charge in [0.1, 0.15) is 0 Å². The number of aromatic nitrogens is 3. The van der Waals surface area contributed by atoms with Crippen molar-refractivity contribution in [1.82, 2.24) is 15.0 Å². The summed E-state index contributed by atoms with van der Waals surface area (Å²) >= 11 is 0. The van der Waals surface area contributed by atoms with E-state index >= 15 is 0 Å². The first-order chi connectivity index (χ1) is 15.5. The summed E-state index contributed by atoms with van der Waals surface area (Å²) in [6.07, 6.45) is 6.59. The Kier molecular flexibility index (Phi) is 5.17. The van der Waals surface area contributed by atoms with E-state index in [9.17, 15) is 13.6 Å². The van der Waals surface area contributed by atoms with E-state index < -0.39 is 5.92 Å². The average molecular weight is 432 g/mol. The lowest BCUT2D eigenvalue weighted by Crippen LogP contribution is -2.45. The molecule has 0 spiro atoms. The van der Waals surface area contributed by atoms with E-state index in [0.717, 1.165) is 27.6 Å². The van der Waals surface area contributed by atoms with Crippen LogP contribution in [0, 0.1) is 5.92 Å². The van der Waals surface area contributed by atoms with Crippen molar-refractivity contribution in [3.8, 4) is 11.3 Å². The van der Waals surface area contributed by atoms with Crippen LogP contribution in [-0.4, -0.2) is 33.3 Å². The van der Waals surface area contributed by atoms with Gasteiger partial charge in [-0.3, -0.25) is 9.78 Å². The minimum Gasteiger partial charge on any atom is -0.345 e. The summed E-state index contributed by atoms with van der Waals surface area (Å²) in [5.74, 6) is -2.97. The summed E-state index contributed by atoms with van der Waals surface area (Å²) in [7, 11) is 0. The van der Waals surface area contributed by atoms with Gasteiger partial charge in [0.25, 0.3) is 0 Å². The van der Waals surface area contributed by atoms with Crippen molar-refractivity contribution in [3.63, 3.8) is 0 Å². The maximum absolute atomic E-state index is 13.5. The SMILES string of the molecule is O=C(Cc1cncc2ccccc12)N(CC1CC(F)(F)C1)c1ccc(-c2cnc[nH]2)cc1. The van der Waals surface area contributed by atoms with Crippen molar-refractivity contribution >= 4 is 22.4 Å². The highest BCUT2D eigenvalue weighted by Crippen LogP contribution is 2.43. The molecule has 1 fully saturated rings. The van der Waals surface area contributed by atoms with E-state index in [0.29, 0.717) is 5.69 Å². The first-order valence-electron chi connectivity index (χ1n) is 10.6. The molecule has 4 aromatic rings. The number of hydrogen-bond acceptors (Lipinski definition) is 3. The molecule has 0 radical (unpaired) electrons. The summed E-state index contributed by atoms with van der Waals surface area (Å²) in [5.41, 5.74) is 3.33. The molecule has 5 rings (SSSR count). The molecular formula is C25H22F2N4O. The number of imidazole rings is 1. The molecule has 1 saturated carbocycles. The number of aromatic amines is 1. The predicted octanol–water partition coefficient (Wildman–Crippen LogP) is 5.25. The second-order valence-corrected chi connectivity index (χ2v) is 8.34. The lowest BCUT2D eigenvalue weighted by molar-refractivity contribution is -0.122. The van der Waals surface area contributed by atoms with Gasteiger partial charge in [0.2, 0.25) is 11.8 Å². The van der Waals surface area contributed by atoms with Gasteiger partial charge in [-0.15, -0.1) is 0 Å². The van der Waals surface area contributed by atoms with Crippen LogP contribution in [0.4, 0.5) is 14.5 Å². The molecule has 1 aliphatic rings. The fraction of sp³-hybridized carbons (Fsp3) is 0.240. The van der Waals surface area contributed by atoms with Crippen LogP contribution in [-0.2, 0) is 11.2 Å². The Bertz CT molecular complexity index is 1230. The highest BCUT2D eigenvalue weighted by Gasteiger charge is 2.46. The third-order valence-electron chi connectivity index (χ3n) is 6.00. The van der Waals surface area contributed by atoms with Crippen molar-refractivity contribution in [1.29, 1.82) is 0 Å². The van der Waals surface area contributed by atoms with Gasteiger partial charge in [0.15, 0.2) is 0 Å². The zero-order valence-corrected chi connectivity index (χ0v) is 17.3. The van der Waals surface area contributed by atoms with Crippen LogP contribution in [0.5, 0.6) is 0 Å². The number of nitrogens with one attached hydrogen (secondary N) is 1. The smallest absolute Gasteiger partial charge is 0.248 e. The van der Waals surface area contributed by atoms with Gasteiger partial charge in [0, 0.05) is 42.9 Å². The number of alkyl halides is 2. The maximum atomic E-state index is 13.5. The van der Waals surface area contributed by atoms with E-state index in [2.05, 4.69) is 15.0 Å². The molecule has 1 amide bonds. The average Bonchev–Trinajstić information content (AvgIpc) is 3.31. The molecule has 0 saturated heterocycles. The fourth-order valence-electron chi connectivity index (χ4n) is 4.34. The lowest BCUT2D eigenvalue weighted by atomic mass is 9.81. The molecule has 0 atom stereocenters. The second kappa shape index (κ2) is 8.15. The Balaban J connectivity index is 1.42. The number of pyridine rings is 1. The normalized spacial score (nSPS) is 15.4. The maximum Gasteiger partial charge on any atom is 0.248 e. The van der Waals surface area contributed by atoms with Crippen molar-refractivity contribution in [2.24, 2.45) is 5.92 Å². The molecule has 0 bridgehead atoms. The van der Waals surface area contributed by atoms with Gasteiger partial charge in [-0.2, -0.15) is 0 Å². The minimum atomic E-state index is -2.62. The summed E-state index contributed by atoms with van der Waals surface area (Å²) in [4.78, 5) is 26.4. The van der Waals surface area contributed by atoms with Gasteiger partial charge in [-0.1, -0.05) is 36.4 Å². The number of carbonyl (C=O) groups excluding carboxylic acids is 1. The monoisotopic (exact) mass is 432 g/mol. The van der Waals surface area contributed by atoms with E-state index in [1.165, 1.54) is 0 Å². The molecule has 1 N–H and O–H groups in total. The zero-order valence-electron chi connectivity index (χ0n) is 17.3. The number of rotatable bonds is 6. The molecule has 1 aliphatic carbocycles. The molecule has 162 valence electrons. The quantitative estimate of drug-likeness (QED) is 0.453. The van der Waals surface area contributed by atoms with Gasteiger partial charge in [0.05, 0.1) is 24.6 Å². The molecule has 2 aromatic carbocycles. The summed E-state index contributed by atoms with van der Waals surface area (Å²) < 4.78 is 26.9. The number of fused-ring (bicyclic) bond motifs is 1. The molecule has 32 heavy (non-hydrogen) atoms. The number of hydrogen-bond donors (Lipinski definition) is 1. The largest absolute Gasteiger partial charge is 0.345 e. The molecule has 0 unspecified atom stereocenters. The molecule has 7 heteroatoms.